The average molecular weight is 357 g/mol. The van der Waals surface area contributed by atoms with Crippen LogP contribution in [0.2, 0.25) is 0 Å². The molecule has 2 N–H and O–H groups in total. The van der Waals surface area contributed by atoms with Gasteiger partial charge >= 0.3 is 0 Å². The maximum absolute atomic E-state index is 13.5. The highest BCUT2D eigenvalue weighted by Crippen LogP contribution is 2.26. The number of aliphatic hydroxyl groups excluding tert-OH is 1. The lowest BCUT2D eigenvalue weighted by Crippen LogP contribution is -2.47. The van der Waals surface area contributed by atoms with Gasteiger partial charge in [0.05, 0.1) is 6.10 Å². The monoisotopic (exact) mass is 357 g/mol. The van der Waals surface area contributed by atoms with E-state index in [0.29, 0.717) is 6.54 Å². The van der Waals surface area contributed by atoms with Gasteiger partial charge in [0.2, 0.25) is 0 Å². The normalized spacial score (nSPS) is 17.0. The molecule has 3 aromatic rings. The largest absolute Gasteiger partial charge is 0.387 e. The number of β-amino-alcohol motifs (C(OH)–C–C–N with tert-alkyl or cyclic N) is 1. The van der Waals surface area contributed by atoms with E-state index in [9.17, 15) is 13.9 Å². The lowest BCUT2D eigenvalue weighted by atomic mass is 10.1. The van der Waals surface area contributed by atoms with Crippen LogP contribution in [0.25, 0.3) is 10.9 Å². The molecular formula is C20H21F2N3O. The zero-order valence-electron chi connectivity index (χ0n) is 14.3. The molecule has 1 aliphatic heterocycles. The van der Waals surface area contributed by atoms with E-state index in [1.807, 2.05) is 0 Å². The summed E-state index contributed by atoms with van der Waals surface area (Å²) in [5.74, 6) is -0.538. The topological polar surface area (TPSA) is 42.5 Å². The van der Waals surface area contributed by atoms with Crippen molar-refractivity contribution in [2.75, 3.05) is 37.6 Å². The third-order valence-corrected chi connectivity index (χ3v) is 5.03. The average Bonchev–Trinajstić information content (AvgIpc) is 3.06. The molecule has 2 heterocycles. The van der Waals surface area contributed by atoms with Gasteiger partial charge in [-0.25, -0.2) is 8.78 Å². The number of fused-ring (bicyclic) bond motifs is 1. The van der Waals surface area contributed by atoms with Crippen molar-refractivity contribution in [1.82, 2.24) is 9.88 Å². The van der Waals surface area contributed by atoms with Crippen molar-refractivity contribution in [3.05, 3.63) is 65.9 Å². The second kappa shape index (κ2) is 7.05. The van der Waals surface area contributed by atoms with Gasteiger partial charge in [0.15, 0.2) is 0 Å². The molecule has 4 nitrogen and oxygen atoms in total. The Labute approximate surface area is 150 Å². The Morgan fingerprint density at radius 2 is 1.65 bits per heavy atom. The highest BCUT2D eigenvalue weighted by Gasteiger charge is 2.21. The van der Waals surface area contributed by atoms with Crippen LogP contribution in [0.5, 0.6) is 0 Å². The first kappa shape index (κ1) is 17.0. The maximum Gasteiger partial charge on any atom is 0.123 e. The summed E-state index contributed by atoms with van der Waals surface area (Å²) in [7, 11) is 0. The molecular weight excluding hydrogens is 336 g/mol. The molecule has 1 aromatic heterocycles. The Kier molecular flexibility index (Phi) is 4.61. The van der Waals surface area contributed by atoms with Gasteiger partial charge in [-0.3, -0.25) is 4.90 Å². The number of nitrogens with zero attached hydrogens (tertiary/aromatic N) is 2. The summed E-state index contributed by atoms with van der Waals surface area (Å²) >= 11 is 0. The minimum Gasteiger partial charge on any atom is -0.387 e. The summed E-state index contributed by atoms with van der Waals surface area (Å²) in [6.07, 6.45) is 1.08. The maximum atomic E-state index is 13.5. The zero-order chi connectivity index (χ0) is 18.1. The minimum absolute atomic E-state index is 0.231. The second-order valence-corrected chi connectivity index (χ2v) is 6.71. The molecule has 0 amide bonds. The number of aliphatic hydroxyl groups is 1. The van der Waals surface area contributed by atoms with E-state index >= 15 is 0 Å². The van der Waals surface area contributed by atoms with Crippen LogP contribution in [-0.2, 0) is 0 Å². The molecule has 0 radical (unpaired) electrons. The third kappa shape index (κ3) is 3.43. The predicted molar refractivity (Wildman–Crippen MR) is 98.3 cm³/mol. The molecule has 1 saturated heterocycles. The number of rotatable bonds is 4. The molecule has 0 bridgehead atoms. The molecule has 1 fully saturated rings. The highest BCUT2D eigenvalue weighted by atomic mass is 19.1. The van der Waals surface area contributed by atoms with Crippen molar-refractivity contribution >= 4 is 16.6 Å². The fourth-order valence-corrected chi connectivity index (χ4v) is 3.57. The number of aromatic amines is 1. The zero-order valence-corrected chi connectivity index (χ0v) is 14.3. The van der Waals surface area contributed by atoms with E-state index in [0.717, 1.165) is 48.3 Å². The number of aromatic nitrogens is 1. The van der Waals surface area contributed by atoms with Gasteiger partial charge in [0, 0.05) is 61.1 Å². The van der Waals surface area contributed by atoms with Crippen LogP contribution in [0.15, 0.2) is 48.7 Å². The van der Waals surface area contributed by atoms with Crippen LogP contribution >= 0.6 is 0 Å². The second-order valence-electron chi connectivity index (χ2n) is 6.71. The highest BCUT2D eigenvalue weighted by molar-refractivity contribution is 5.83. The minimum atomic E-state index is -0.678. The van der Waals surface area contributed by atoms with E-state index in [1.54, 1.807) is 24.4 Å². The standard InChI is InChI=1S/C20H21F2N3O/c21-14-1-4-16(5-2-14)25-9-7-24(8-10-25)13-20(26)18-12-23-19-6-3-15(22)11-17(18)19/h1-6,11-12,20,23,26H,7-10,13H2. The Bertz CT molecular complexity index is 886. The lowest BCUT2D eigenvalue weighted by molar-refractivity contribution is 0.110. The molecule has 1 atom stereocenters. The van der Waals surface area contributed by atoms with Crippen molar-refractivity contribution in [1.29, 1.82) is 0 Å². The van der Waals surface area contributed by atoms with E-state index < -0.39 is 6.10 Å². The van der Waals surface area contributed by atoms with Crippen LogP contribution in [0.3, 0.4) is 0 Å². The van der Waals surface area contributed by atoms with Gasteiger partial charge in [-0.2, -0.15) is 0 Å². The lowest BCUT2D eigenvalue weighted by Gasteiger charge is -2.36. The van der Waals surface area contributed by atoms with E-state index in [2.05, 4.69) is 14.8 Å². The van der Waals surface area contributed by atoms with Crippen molar-refractivity contribution in [2.24, 2.45) is 0 Å². The Balaban J connectivity index is 1.39. The molecule has 0 aliphatic carbocycles. The summed E-state index contributed by atoms with van der Waals surface area (Å²) in [5.41, 5.74) is 2.56. The van der Waals surface area contributed by atoms with Crippen LogP contribution in [0, 0.1) is 11.6 Å². The summed E-state index contributed by atoms with van der Waals surface area (Å²) in [6, 6.07) is 11.1. The number of piperazine rings is 1. The predicted octanol–water partition coefficient (Wildman–Crippen LogP) is 3.30. The summed E-state index contributed by atoms with van der Waals surface area (Å²) in [4.78, 5) is 7.49. The van der Waals surface area contributed by atoms with Crippen LogP contribution in [0.4, 0.5) is 14.5 Å². The Morgan fingerprint density at radius 1 is 0.962 bits per heavy atom. The molecule has 1 aliphatic rings. The van der Waals surface area contributed by atoms with Gasteiger partial charge in [-0.05, 0) is 42.5 Å². The van der Waals surface area contributed by atoms with Crippen molar-refractivity contribution in [2.45, 2.75) is 6.10 Å². The number of hydrogen-bond donors (Lipinski definition) is 2. The number of anilines is 1. The number of nitrogens with one attached hydrogen (secondary N) is 1. The van der Waals surface area contributed by atoms with Gasteiger partial charge in [0.1, 0.15) is 11.6 Å². The molecule has 4 rings (SSSR count). The first-order valence-corrected chi connectivity index (χ1v) is 8.77. The van der Waals surface area contributed by atoms with E-state index in [1.165, 1.54) is 24.3 Å². The summed E-state index contributed by atoms with van der Waals surface area (Å²) in [5, 5.41) is 11.3. The third-order valence-electron chi connectivity index (χ3n) is 5.03. The quantitative estimate of drug-likeness (QED) is 0.753. The molecule has 1 unspecified atom stereocenters. The van der Waals surface area contributed by atoms with Crippen LogP contribution < -0.4 is 4.90 Å². The van der Waals surface area contributed by atoms with Gasteiger partial charge in [-0.15, -0.1) is 0 Å². The first-order chi connectivity index (χ1) is 12.6. The number of halogens is 2. The van der Waals surface area contributed by atoms with Crippen molar-refractivity contribution in [3.63, 3.8) is 0 Å². The SMILES string of the molecule is OC(CN1CCN(c2ccc(F)cc2)CC1)c1c[nH]c2ccc(F)cc12. The van der Waals surface area contributed by atoms with E-state index in [-0.39, 0.29) is 11.6 Å². The molecule has 136 valence electrons. The fraction of sp³-hybridized carbons (Fsp3) is 0.300. The number of benzene rings is 2. The number of H-pyrrole nitrogens is 1. The van der Waals surface area contributed by atoms with Crippen LogP contribution in [0.1, 0.15) is 11.7 Å². The van der Waals surface area contributed by atoms with Crippen molar-refractivity contribution in [3.8, 4) is 0 Å². The van der Waals surface area contributed by atoms with Crippen molar-refractivity contribution < 1.29 is 13.9 Å². The molecule has 26 heavy (non-hydrogen) atoms. The summed E-state index contributed by atoms with van der Waals surface area (Å²) < 4.78 is 26.6. The summed E-state index contributed by atoms with van der Waals surface area (Å²) in [6.45, 7) is 3.76. The Hall–Kier alpha value is -2.44. The fourth-order valence-electron chi connectivity index (χ4n) is 3.57. The molecule has 0 saturated carbocycles. The first-order valence-electron chi connectivity index (χ1n) is 8.77. The van der Waals surface area contributed by atoms with Gasteiger partial charge < -0.3 is 15.0 Å². The van der Waals surface area contributed by atoms with Gasteiger partial charge in [0.25, 0.3) is 0 Å². The number of hydrogen-bond acceptors (Lipinski definition) is 3. The van der Waals surface area contributed by atoms with Crippen LogP contribution in [-0.4, -0.2) is 47.7 Å². The molecule has 0 spiro atoms. The molecule has 6 heteroatoms. The van der Waals surface area contributed by atoms with E-state index in [4.69, 9.17) is 0 Å². The molecule has 2 aromatic carbocycles. The Morgan fingerprint density at radius 3 is 2.38 bits per heavy atom. The smallest absolute Gasteiger partial charge is 0.123 e. The van der Waals surface area contributed by atoms with Gasteiger partial charge in [-0.1, -0.05) is 0 Å².